The molecule has 0 amide bonds. The van der Waals surface area contributed by atoms with Crippen molar-refractivity contribution in [2.75, 3.05) is 0 Å². The van der Waals surface area contributed by atoms with E-state index in [1.54, 1.807) is 12.1 Å². The summed E-state index contributed by atoms with van der Waals surface area (Å²) in [6.07, 6.45) is -0.605. The van der Waals surface area contributed by atoms with Crippen LogP contribution in [0.15, 0.2) is 48.5 Å². The first-order valence-corrected chi connectivity index (χ1v) is 6.80. The zero-order valence-corrected chi connectivity index (χ0v) is 12.3. The molecule has 0 aliphatic rings. The van der Waals surface area contributed by atoms with E-state index in [0.717, 1.165) is 11.1 Å². The van der Waals surface area contributed by atoms with E-state index in [-0.39, 0.29) is 5.41 Å². The van der Waals surface area contributed by atoms with Crippen LogP contribution in [0.5, 0.6) is 0 Å². The van der Waals surface area contributed by atoms with Crippen molar-refractivity contribution in [2.45, 2.75) is 32.3 Å². The second kappa shape index (κ2) is 5.36. The van der Waals surface area contributed by atoms with Gasteiger partial charge in [-0.15, -0.1) is 0 Å². The molecule has 2 heteroatoms. The lowest BCUT2D eigenvalue weighted by atomic mass is 9.86. The highest BCUT2D eigenvalue weighted by Gasteiger charge is 2.15. The zero-order valence-electron chi connectivity index (χ0n) is 11.5. The van der Waals surface area contributed by atoms with Gasteiger partial charge in [-0.1, -0.05) is 68.8 Å². The van der Waals surface area contributed by atoms with Gasteiger partial charge in [-0.25, -0.2) is 0 Å². The Kier molecular flexibility index (Phi) is 3.98. The normalized spacial score (nSPS) is 13.3. The molecule has 0 aromatic heterocycles. The molecule has 0 radical (unpaired) electrons. The maximum Gasteiger partial charge on any atom is 0.104 e. The molecule has 1 unspecified atom stereocenters. The second-order valence-corrected chi connectivity index (χ2v) is 6.26. The van der Waals surface area contributed by atoms with Crippen LogP contribution in [0.3, 0.4) is 0 Å². The molecule has 0 heterocycles. The first-order chi connectivity index (χ1) is 8.88. The van der Waals surface area contributed by atoms with Gasteiger partial charge in [-0.2, -0.15) is 0 Å². The molecule has 0 spiro atoms. The number of hydrogen-bond acceptors (Lipinski definition) is 1. The Hall–Kier alpha value is -1.31. The molecule has 0 aliphatic heterocycles. The summed E-state index contributed by atoms with van der Waals surface area (Å²) in [6.45, 7) is 6.53. The summed E-state index contributed by atoms with van der Waals surface area (Å²) in [6, 6.07) is 15.4. The molecule has 100 valence electrons. The SMILES string of the molecule is CC(C)(C)c1ccc(C(O)c2ccc(Cl)cc2)cc1. The zero-order chi connectivity index (χ0) is 14.0. The fourth-order valence-electron chi connectivity index (χ4n) is 2.00. The Morgan fingerprint density at radius 1 is 0.842 bits per heavy atom. The van der Waals surface area contributed by atoms with Gasteiger partial charge in [0.15, 0.2) is 0 Å². The topological polar surface area (TPSA) is 20.2 Å². The van der Waals surface area contributed by atoms with Crippen molar-refractivity contribution in [3.05, 3.63) is 70.2 Å². The van der Waals surface area contributed by atoms with Crippen LogP contribution in [0.25, 0.3) is 0 Å². The molecular formula is C17H19ClO. The fourth-order valence-corrected chi connectivity index (χ4v) is 2.13. The summed E-state index contributed by atoms with van der Waals surface area (Å²) in [5.74, 6) is 0. The Balaban J connectivity index is 2.25. The standard InChI is InChI=1S/C17H19ClO/c1-17(2,3)14-8-4-12(5-9-14)16(19)13-6-10-15(18)11-7-13/h4-11,16,19H,1-3H3. The van der Waals surface area contributed by atoms with E-state index in [1.165, 1.54) is 5.56 Å². The van der Waals surface area contributed by atoms with Crippen LogP contribution in [0.1, 0.15) is 43.6 Å². The van der Waals surface area contributed by atoms with Gasteiger partial charge in [-0.05, 0) is 34.2 Å². The third-order valence-electron chi connectivity index (χ3n) is 3.28. The van der Waals surface area contributed by atoms with E-state index in [9.17, 15) is 5.11 Å². The molecule has 1 atom stereocenters. The van der Waals surface area contributed by atoms with Gasteiger partial charge in [0.2, 0.25) is 0 Å². The number of aliphatic hydroxyl groups excluding tert-OH is 1. The van der Waals surface area contributed by atoms with Gasteiger partial charge in [0.05, 0.1) is 0 Å². The van der Waals surface area contributed by atoms with Gasteiger partial charge in [-0.3, -0.25) is 0 Å². The molecule has 0 aliphatic carbocycles. The Labute approximate surface area is 119 Å². The number of rotatable bonds is 2. The van der Waals surface area contributed by atoms with Crippen molar-refractivity contribution in [1.82, 2.24) is 0 Å². The van der Waals surface area contributed by atoms with Crippen molar-refractivity contribution in [1.29, 1.82) is 0 Å². The van der Waals surface area contributed by atoms with E-state index in [4.69, 9.17) is 11.6 Å². The molecule has 0 saturated heterocycles. The highest BCUT2D eigenvalue weighted by Crippen LogP contribution is 2.27. The highest BCUT2D eigenvalue weighted by atomic mass is 35.5. The number of benzene rings is 2. The molecule has 1 N–H and O–H groups in total. The van der Waals surface area contributed by atoms with Gasteiger partial charge < -0.3 is 5.11 Å². The molecule has 0 bridgehead atoms. The predicted octanol–water partition coefficient (Wildman–Crippen LogP) is 4.72. The van der Waals surface area contributed by atoms with Crippen LogP contribution in [0, 0.1) is 0 Å². The smallest absolute Gasteiger partial charge is 0.104 e. The summed E-state index contributed by atoms with van der Waals surface area (Å²) < 4.78 is 0. The van der Waals surface area contributed by atoms with Crippen LogP contribution in [0.2, 0.25) is 5.02 Å². The molecule has 1 nitrogen and oxygen atoms in total. The van der Waals surface area contributed by atoms with Crippen molar-refractivity contribution in [3.63, 3.8) is 0 Å². The van der Waals surface area contributed by atoms with Crippen LogP contribution < -0.4 is 0 Å². The van der Waals surface area contributed by atoms with Crippen molar-refractivity contribution >= 4 is 11.6 Å². The maximum atomic E-state index is 10.3. The lowest BCUT2D eigenvalue weighted by Gasteiger charge is -2.20. The molecular weight excluding hydrogens is 256 g/mol. The molecule has 0 fully saturated rings. The molecule has 0 saturated carbocycles. The maximum absolute atomic E-state index is 10.3. The lowest BCUT2D eigenvalue weighted by Crippen LogP contribution is -2.11. The summed E-state index contributed by atoms with van der Waals surface area (Å²) in [4.78, 5) is 0. The van der Waals surface area contributed by atoms with Crippen molar-refractivity contribution < 1.29 is 5.11 Å². The van der Waals surface area contributed by atoms with Crippen LogP contribution in [-0.4, -0.2) is 5.11 Å². The molecule has 2 aromatic rings. The Morgan fingerprint density at radius 2 is 1.26 bits per heavy atom. The fraction of sp³-hybridized carbons (Fsp3) is 0.294. The molecule has 2 aromatic carbocycles. The lowest BCUT2D eigenvalue weighted by molar-refractivity contribution is 0.220. The van der Waals surface area contributed by atoms with Crippen molar-refractivity contribution in [2.24, 2.45) is 0 Å². The van der Waals surface area contributed by atoms with E-state index in [2.05, 4.69) is 32.9 Å². The van der Waals surface area contributed by atoms with Gasteiger partial charge in [0, 0.05) is 5.02 Å². The third kappa shape index (κ3) is 3.37. The van der Waals surface area contributed by atoms with Crippen molar-refractivity contribution in [3.8, 4) is 0 Å². The minimum absolute atomic E-state index is 0.129. The van der Waals surface area contributed by atoms with E-state index in [0.29, 0.717) is 5.02 Å². The van der Waals surface area contributed by atoms with E-state index >= 15 is 0 Å². The molecule has 2 rings (SSSR count). The monoisotopic (exact) mass is 274 g/mol. The summed E-state index contributed by atoms with van der Waals surface area (Å²) in [5.41, 5.74) is 3.15. The summed E-state index contributed by atoms with van der Waals surface area (Å²) in [7, 11) is 0. The van der Waals surface area contributed by atoms with Gasteiger partial charge >= 0.3 is 0 Å². The van der Waals surface area contributed by atoms with Crippen LogP contribution in [-0.2, 0) is 5.41 Å². The second-order valence-electron chi connectivity index (χ2n) is 5.83. The number of halogens is 1. The number of aliphatic hydroxyl groups is 1. The summed E-state index contributed by atoms with van der Waals surface area (Å²) in [5, 5.41) is 11.0. The largest absolute Gasteiger partial charge is 0.384 e. The number of hydrogen-bond donors (Lipinski definition) is 1. The van der Waals surface area contributed by atoms with Gasteiger partial charge in [0.1, 0.15) is 6.10 Å². The van der Waals surface area contributed by atoms with Crippen LogP contribution >= 0.6 is 11.6 Å². The Bertz CT molecular complexity index is 535. The van der Waals surface area contributed by atoms with Crippen LogP contribution in [0.4, 0.5) is 0 Å². The average Bonchev–Trinajstić information content (AvgIpc) is 2.38. The average molecular weight is 275 g/mol. The predicted molar refractivity (Wildman–Crippen MR) is 80.7 cm³/mol. The minimum atomic E-state index is -0.605. The minimum Gasteiger partial charge on any atom is -0.384 e. The van der Waals surface area contributed by atoms with E-state index in [1.807, 2.05) is 24.3 Å². The first kappa shape index (κ1) is 14.1. The Morgan fingerprint density at radius 3 is 1.68 bits per heavy atom. The quantitative estimate of drug-likeness (QED) is 0.840. The highest BCUT2D eigenvalue weighted by molar-refractivity contribution is 6.30. The summed E-state index contributed by atoms with van der Waals surface area (Å²) >= 11 is 5.85. The van der Waals surface area contributed by atoms with Gasteiger partial charge in [0.25, 0.3) is 0 Å². The van der Waals surface area contributed by atoms with E-state index < -0.39 is 6.10 Å². The molecule has 19 heavy (non-hydrogen) atoms. The first-order valence-electron chi connectivity index (χ1n) is 6.42. The third-order valence-corrected chi connectivity index (χ3v) is 3.53.